The number of sulfonamides is 1. The average Bonchev–Trinajstić information content (AvgIpc) is 2.49. The predicted octanol–water partition coefficient (Wildman–Crippen LogP) is 0.226. The fraction of sp³-hybridized carbons (Fsp3) is 0.500. The molecule has 3 N–H and O–H groups in total. The van der Waals surface area contributed by atoms with E-state index in [1.165, 1.54) is 4.68 Å². The van der Waals surface area contributed by atoms with Crippen LogP contribution in [0.5, 0.6) is 0 Å². The van der Waals surface area contributed by atoms with E-state index in [0.717, 1.165) is 0 Å². The number of nitrogens with one attached hydrogen (secondary N) is 1. The van der Waals surface area contributed by atoms with Gasteiger partial charge in [-0.05, 0) is 6.42 Å². The molecule has 0 spiro atoms. The van der Waals surface area contributed by atoms with Gasteiger partial charge in [0.05, 0.1) is 4.99 Å². The van der Waals surface area contributed by atoms with Gasteiger partial charge in [0.15, 0.2) is 5.82 Å². The number of nitrogens with two attached hydrogens (primary N) is 1. The minimum Gasteiger partial charge on any atom is -0.392 e. The molecule has 1 rings (SSSR count). The molecule has 0 amide bonds. The van der Waals surface area contributed by atoms with E-state index in [0.29, 0.717) is 6.42 Å². The Balaban J connectivity index is 2.90. The summed E-state index contributed by atoms with van der Waals surface area (Å²) in [4.78, 5) is -0.0362. The van der Waals surface area contributed by atoms with Crippen molar-refractivity contribution in [1.29, 1.82) is 0 Å². The van der Waals surface area contributed by atoms with Crippen molar-refractivity contribution in [1.82, 2.24) is 9.78 Å². The second-order valence-corrected chi connectivity index (χ2v) is 5.66. The average molecular weight is 262 g/mol. The smallest absolute Gasteiger partial charge is 0.243 e. The summed E-state index contributed by atoms with van der Waals surface area (Å²) < 4.78 is 27.6. The SMILES string of the molecule is CCC(C(N)=S)S(=O)(=O)Nc1ccn(C)n1. The number of aryl methyl sites for hydroxylation is 1. The van der Waals surface area contributed by atoms with E-state index >= 15 is 0 Å². The van der Waals surface area contributed by atoms with Gasteiger partial charge in [0.2, 0.25) is 10.0 Å². The largest absolute Gasteiger partial charge is 0.392 e. The molecule has 1 atom stereocenters. The van der Waals surface area contributed by atoms with Crippen LogP contribution in [0.4, 0.5) is 5.82 Å². The summed E-state index contributed by atoms with van der Waals surface area (Å²) >= 11 is 4.72. The van der Waals surface area contributed by atoms with Crippen LogP contribution < -0.4 is 10.5 Å². The number of anilines is 1. The monoisotopic (exact) mass is 262 g/mol. The zero-order valence-corrected chi connectivity index (χ0v) is 10.7. The number of hydrogen-bond acceptors (Lipinski definition) is 4. The molecule has 0 fully saturated rings. The Labute approximate surface area is 99.9 Å². The molecule has 6 nitrogen and oxygen atoms in total. The van der Waals surface area contributed by atoms with E-state index in [-0.39, 0.29) is 10.8 Å². The van der Waals surface area contributed by atoms with E-state index in [1.54, 1.807) is 26.2 Å². The summed E-state index contributed by atoms with van der Waals surface area (Å²) in [5, 5.41) is 3.04. The van der Waals surface area contributed by atoms with Crippen molar-refractivity contribution in [3.8, 4) is 0 Å². The second kappa shape index (κ2) is 4.79. The van der Waals surface area contributed by atoms with Gasteiger partial charge in [0.1, 0.15) is 5.25 Å². The first kappa shape index (κ1) is 12.9. The lowest BCUT2D eigenvalue weighted by Crippen LogP contribution is -2.37. The van der Waals surface area contributed by atoms with Crippen molar-refractivity contribution in [2.24, 2.45) is 12.8 Å². The Morgan fingerprint density at radius 2 is 2.38 bits per heavy atom. The molecule has 0 aliphatic heterocycles. The Hall–Kier alpha value is -1.15. The minimum atomic E-state index is -3.60. The molecular formula is C8H14N4O2S2. The standard InChI is InChI=1S/C8H14N4O2S2/c1-3-6(8(9)15)16(13,14)11-7-4-5-12(2)10-7/h4-6H,3H2,1-2H3,(H2,9,15)(H,10,11). The maximum Gasteiger partial charge on any atom is 0.243 e. The lowest BCUT2D eigenvalue weighted by Gasteiger charge is -2.14. The van der Waals surface area contributed by atoms with Crippen molar-refractivity contribution >= 4 is 33.0 Å². The first-order valence-electron chi connectivity index (χ1n) is 4.67. The Bertz CT molecular complexity index is 480. The molecule has 90 valence electrons. The lowest BCUT2D eigenvalue weighted by molar-refractivity contribution is 0.594. The van der Waals surface area contributed by atoms with Crippen LogP contribution >= 0.6 is 12.2 Å². The van der Waals surface area contributed by atoms with Crippen LogP contribution in [0.1, 0.15) is 13.3 Å². The van der Waals surface area contributed by atoms with Gasteiger partial charge < -0.3 is 5.73 Å². The first-order chi connectivity index (χ1) is 7.36. The van der Waals surface area contributed by atoms with Crippen LogP contribution in [0.2, 0.25) is 0 Å². The van der Waals surface area contributed by atoms with Gasteiger partial charge in [0, 0.05) is 19.3 Å². The molecule has 8 heteroatoms. The third-order valence-electron chi connectivity index (χ3n) is 2.02. The molecule has 0 radical (unpaired) electrons. The molecule has 0 saturated heterocycles. The van der Waals surface area contributed by atoms with Crippen LogP contribution in [0.3, 0.4) is 0 Å². The Morgan fingerprint density at radius 3 is 2.75 bits per heavy atom. The molecule has 0 aromatic carbocycles. The zero-order chi connectivity index (χ0) is 12.3. The normalized spacial score (nSPS) is 13.4. The molecule has 1 aromatic heterocycles. The lowest BCUT2D eigenvalue weighted by atomic mass is 10.3. The van der Waals surface area contributed by atoms with E-state index in [4.69, 9.17) is 18.0 Å². The van der Waals surface area contributed by atoms with Crippen molar-refractivity contribution in [3.63, 3.8) is 0 Å². The topological polar surface area (TPSA) is 90.0 Å². The van der Waals surface area contributed by atoms with E-state index in [2.05, 4.69) is 9.82 Å². The molecule has 1 unspecified atom stereocenters. The van der Waals surface area contributed by atoms with Gasteiger partial charge in [-0.25, -0.2) is 8.42 Å². The van der Waals surface area contributed by atoms with E-state index in [1.807, 2.05) is 0 Å². The highest BCUT2D eigenvalue weighted by atomic mass is 32.2. The van der Waals surface area contributed by atoms with Crippen molar-refractivity contribution < 1.29 is 8.42 Å². The molecule has 1 aromatic rings. The molecule has 0 aliphatic rings. The quantitative estimate of drug-likeness (QED) is 0.741. The summed E-state index contributed by atoms with van der Waals surface area (Å²) in [6.45, 7) is 1.71. The number of hydrogen-bond donors (Lipinski definition) is 2. The van der Waals surface area contributed by atoms with Crippen molar-refractivity contribution in [2.75, 3.05) is 4.72 Å². The summed E-state index contributed by atoms with van der Waals surface area (Å²) in [6.07, 6.45) is 1.97. The molecule has 0 aliphatic carbocycles. The van der Waals surface area contributed by atoms with Crippen LogP contribution in [0.15, 0.2) is 12.3 Å². The van der Waals surface area contributed by atoms with Gasteiger partial charge in [-0.3, -0.25) is 9.40 Å². The van der Waals surface area contributed by atoms with Crippen LogP contribution in [0.25, 0.3) is 0 Å². The number of thiocarbonyl (C=S) groups is 1. The summed E-state index contributed by atoms with van der Waals surface area (Å²) in [5.41, 5.74) is 5.38. The summed E-state index contributed by atoms with van der Waals surface area (Å²) in [5.74, 6) is 0.261. The maximum atomic E-state index is 11.9. The highest BCUT2D eigenvalue weighted by Gasteiger charge is 2.26. The van der Waals surface area contributed by atoms with Gasteiger partial charge in [0.25, 0.3) is 0 Å². The third-order valence-corrected chi connectivity index (χ3v) is 4.29. The van der Waals surface area contributed by atoms with Crippen molar-refractivity contribution in [2.45, 2.75) is 18.6 Å². The van der Waals surface area contributed by atoms with Crippen LogP contribution in [-0.4, -0.2) is 28.4 Å². The third kappa shape index (κ3) is 2.92. The highest BCUT2D eigenvalue weighted by molar-refractivity contribution is 7.95. The van der Waals surface area contributed by atoms with Crippen molar-refractivity contribution in [3.05, 3.63) is 12.3 Å². The molecule has 0 saturated carbocycles. The fourth-order valence-electron chi connectivity index (χ4n) is 1.26. The number of nitrogens with zero attached hydrogens (tertiary/aromatic N) is 2. The maximum absolute atomic E-state index is 11.9. The zero-order valence-electron chi connectivity index (χ0n) is 9.04. The van der Waals surface area contributed by atoms with Gasteiger partial charge >= 0.3 is 0 Å². The second-order valence-electron chi connectivity index (χ2n) is 3.32. The predicted molar refractivity (Wildman–Crippen MR) is 66.6 cm³/mol. The van der Waals surface area contributed by atoms with Gasteiger partial charge in [-0.2, -0.15) is 5.10 Å². The molecular weight excluding hydrogens is 248 g/mol. The summed E-state index contributed by atoms with van der Waals surface area (Å²) in [6, 6.07) is 1.56. The Kier molecular flexibility index (Phi) is 3.87. The Morgan fingerprint density at radius 1 is 1.75 bits per heavy atom. The van der Waals surface area contributed by atoms with Gasteiger partial charge in [-0.1, -0.05) is 19.1 Å². The van der Waals surface area contributed by atoms with E-state index < -0.39 is 15.3 Å². The summed E-state index contributed by atoms with van der Waals surface area (Å²) in [7, 11) is -1.91. The first-order valence-corrected chi connectivity index (χ1v) is 6.63. The minimum absolute atomic E-state index is 0.0362. The van der Waals surface area contributed by atoms with Crippen LogP contribution in [0, 0.1) is 0 Å². The molecule has 0 bridgehead atoms. The molecule has 16 heavy (non-hydrogen) atoms. The highest BCUT2D eigenvalue weighted by Crippen LogP contribution is 2.11. The van der Waals surface area contributed by atoms with Gasteiger partial charge in [-0.15, -0.1) is 0 Å². The molecule has 1 heterocycles. The van der Waals surface area contributed by atoms with Crippen LogP contribution in [-0.2, 0) is 17.1 Å². The number of aromatic nitrogens is 2. The fourth-order valence-corrected chi connectivity index (χ4v) is 3.09. The van der Waals surface area contributed by atoms with E-state index in [9.17, 15) is 8.42 Å². The number of rotatable bonds is 5.